The van der Waals surface area contributed by atoms with Gasteiger partial charge >= 0.3 is 6.09 Å². The molecule has 1 aliphatic carbocycles. The van der Waals surface area contributed by atoms with E-state index < -0.39 is 5.60 Å². The number of ether oxygens (including phenoxy) is 1. The monoisotopic (exact) mass is 606 g/mol. The standard InChI is InChI=1S/C29H35BrN8O2/c1-29(2,3)40-28(39)33-17-20-9-13-22(14-10-20)35-26-36-25-23(30)18-34-38(25)27(37-26)32-16-19-7-11-21(12-8-19)24-6-4-5-15-31-24/h4-8,11-12,15,18,20,22H,9-10,13-14,16-17H2,1-3H3,(H,33,39)(H2,32,35,36,37). The predicted octanol–water partition coefficient (Wildman–Crippen LogP) is 6.06. The van der Waals surface area contributed by atoms with E-state index in [4.69, 9.17) is 14.7 Å². The van der Waals surface area contributed by atoms with Crippen LogP contribution < -0.4 is 16.0 Å². The third kappa shape index (κ3) is 7.26. The van der Waals surface area contributed by atoms with E-state index >= 15 is 0 Å². The minimum Gasteiger partial charge on any atom is -0.444 e. The fourth-order valence-corrected chi connectivity index (χ4v) is 5.12. The van der Waals surface area contributed by atoms with Crippen molar-refractivity contribution in [1.82, 2.24) is 29.9 Å². The van der Waals surface area contributed by atoms with Gasteiger partial charge in [-0.15, -0.1) is 0 Å². The minimum atomic E-state index is -0.490. The molecule has 1 aliphatic rings. The van der Waals surface area contributed by atoms with Crippen LogP contribution in [0.3, 0.4) is 0 Å². The number of fused-ring (bicyclic) bond motifs is 1. The second-order valence-electron chi connectivity index (χ2n) is 11.1. The van der Waals surface area contributed by atoms with Crippen molar-refractivity contribution in [3.8, 4) is 11.3 Å². The van der Waals surface area contributed by atoms with Gasteiger partial charge in [0, 0.05) is 30.9 Å². The van der Waals surface area contributed by atoms with Crippen molar-refractivity contribution in [2.75, 3.05) is 17.2 Å². The van der Waals surface area contributed by atoms with E-state index in [1.807, 2.05) is 39.0 Å². The fraction of sp³-hybridized carbons (Fsp3) is 0.414. The number of hydrogen-bond donors (Lipinski definition) is 3. The van der Waals surface area contributed by atoms with Crippen molar-refractivity contribution in [3.63, 3.8) is 0 Å². The summed E-state index contributed by atoms with van der Waals surface area (Å²) in [6.45, 7) is 6.82. The average molecular weight is 608 g/mol. The van der Waals surface area contributed by atoms with Gasteiger partial charge in [-0.05, 0) is 86.0 Å². The molecule has 3 N–H and O–H groups in total. The Morgan fingerprint density at radius 2 is 1.85 bits per heavy atom. The molecule has 3 heterocycles. The van der Waals surface area contributed by atoms with Gasteiger partial charge in [-0.3, -0.25) is 4.98 Å². The molecule has 1 amide bonds. The lowest BCUT2D eigenvalue weighted by molar-refractivity contribution is 0.0515. The van der Waals surface area contributed by atoms with Crippen LogP contribution in [0.25, 0.3) is 16.9 Å². The number of nitrogens with one attached hydrogen (secondary N) is 3. The molecule has 0 saturated heterocycles. The molecule has 5 rings (SSSR count). The predicted molar refractivity (Wildman–Crippen MR) is 159 cm³/mol. The van der Waals surface area contributed by atoms with Gasteiger partial charge < -0.3 is 20.7 Å². The topological polar surface area (TPSA) is 118 Å². The number of amides is 1. The van der Waals surface area contributed by atoms with Crippen LogP contribution in [0.5, 0.6) is 0 Å². The summed E-state index contributed by atoms with van der Waals surface area (Å²) in [6, 6.07) is 14.5. The third-order valence-electron chi connectivity index (χ3n) is 6.80. The molecular weight excluding hydrogens is 572 g/mol. The Hall–Kier alpha value is -3.73. The number of carbonyl (C=O) groups excluding carboxylic acids is 1. The Morgan fingerprint density at radius 1 is 1.07 bits per heavy atom. The Balaban J connectivity index is 1.19. The Labute approximate surface area is 242 Å². The summed E-state index contributed by atoms with van der Waals surface area (Å²) in [5.74, 6) is 1.61. The molecule has 40 heavy (non-hydrogen) atoms. The summed E-state index contributed by atoms with van der Waals surface area (Å²) in [6.07, 6.45) is 7.13. The highest BCUT2D eigenvalue weighted by molar-refractivity contribution is 9.10. The zero-order valence-electron chi connectivity index (χ0n) is 23.0. The summed E-state index contributed by atoms with van der Waals surface area (Å²) in [7, 11) is 0. The molecule has 10 nitrogen and oxygen atoms in total. The molecule has 11 heteroatoms. The van der Waals surface area contributed by atoms with Crippen LogP contribution in [0.1, 0.15) is 52.0 Å². The lowest BCUT2D eigenvalue weighted by Gasteiger charge is -2.29. The van der Waals surface area contributed by atoms with E-state index in [-0.39, 0.29) is 12.1 Å². The molecule has 0 bridgehead atoms. The average Bonchev–Trinajstić information content (AvgIpc) is 3.32. The van der Waals surface area contributed by atoms with E-state index in [0.717, 1.165) is 47.0 Å². The summed E-state index contributed by atoms with van der Waals surface area (Å²) in [5, 5.41) is 14.3. The van der Waals surface area contributed by atoms with Crippen molar-refractivity contribution >= 4 is 39.6 Å². The molecule has 3 aromatic heterocycles. The fourth-order valence-electron chi connectivity index (χ4n) is 4.77. The van der Waals surface area contributed by atoms with Crippen molar-refractivity contribution < 1.29 is 9.53 Å². The highest BCUT2D eigenvalue weighted by atomic mass is 79.9. The molecule has 0 unspecified atom stereocenters. The van der Waals surface area contributed by atoms with Crippen molar-refractivity contribution in [1.29, 1.82) is 0 Å². The lowest BCUT2D eigenvalue weighted by Crippen LogP contribution is -2.37. The van der Waals surface area contributed by atoms with E-state index in [1.165, 1.54) is 0 Å². The van der Waals surface area contributed by atoms with Crippen LogP contribution in [0.4, 0.5) is 16.7 Å². The highest BCUT2D eigenvalue weighted by Gasteiger charge is 2.24. The maximum absolute atomic E-state index is 12.0. The van der Waals surface area contributed by atoms with Crippen LogP contribution in [0.15, 0.2) is 59.3 Å². The summed E-state index contributed by atoms with van der Waals surface area (Å²) in [5.41, 5.74) is 3.35. The van der Waals surface area contributed by atoms with Gasteiger partial charge in [0.2, 0.25) is 11.9 Å². The van der Waals surface area contributed by atoms with Crippen molar-refractivity contribution in [3.05, 3.63) is 64.9 Å². The number of nitrogens with zero attached hydrogens (tertiary/aromatic N) is 5. The first-order valence-corrected chi connectivity index (χ1v) is 14.4. The van der Waals surface area contributed by atoms with Gasteiger partial charge in [0.15, 0.2) is 5.65 Å². The number of aromatic nitrogens is 5. The Kier molecular flexibility index (Phi) is 8.49. The molecule has 0 radical (unpaired) electrons. The molecule has 4 aromatic rings. The summed E-state index contributed by atoms with van der Waals surface area (Å²) < 4.78 is 7.86. The van der Waals surface area contributed by atoms with Gasteiger partial charge in [-0.2, -0.15) is 19.6 Å². The van der Waals surface area contributed by atoms with Crippen molar-refractivity contribution in [2.24, 2.45) is 5.92 Å². The molecule has 0 spiro atoms. The smallest absolute Gasteiger partial charge is 0.407 e. The first-order valence-electron chi connectivity index (χ1n) is 13.6. The zero-order valence-corrected chi connectivity index (χ0v) is 24.6. The molecule has 0 atom stereocenters. The second kappa shape index (κ2) is 12.2. The zero-order chi connectivity index (χ0) is 28.1. The molecule has 1 fully saturated rings. The number of anilines is 2. The summed E-state index contributed by atoms with van der Waals surface area (Å²) >= 11 is 3.56. The van der Waals surface area contributed by atoms with E-state index in [1.54, 1.807) is 16.9 Å². The number of hydrogen-bond acceptors (Lipinski definition) is 8. The Morgan fingerprint density at radius 3 is 2.55 bits per heavy atom. The maximum atomic E-state index is 12.0. The first-order chi connectivity index (χ1) is 19.2. The van der Waals surface area contributed by atoms with Crippen LogP contribution >= 0.6 is 15.9 Å². The van der Waals surface area contributed by atoms with E-state index in [9.17, 15) is 4.79 Å². The van der Waals surface area contributed by atoms with Crippen LogP contribution in [0.2, 0.25) is 0 Å². The van der Waals surface area contributed by atoms with Crippen LogP contribution in [0, 0.1) is 5.92 Å². The van der Waals surface area contributed by atoms with Crippen LogP contribution in [-0.4, -0.2) is 48.8 Å². The number of halogens is 1. The molecule has 210 valence electrons. The third-order valence-corrected chi connectivity index (χ3v) is 7.36. The second-order valence-corrected chi connectivity index (χ2v) is 12.0. The number of benzene rings is 1. The number of carbonyl (C=O) groups is 1. The molecule has 0 aliphatic heterocycles. The highest BCUT2D eigenvalue weighted by Crippen LogP contribution is 2.27. The maximum Gasteiger partial charge on any atom is 0.407 e. The number of pyridine rings is 1. The molecular formula is C29H35BrN8O2. The quantitative estimate of drug-likeness (QED) is 0.221. The van der Waals surface area contributed by atoms with Gasteiger partial charge in [0.1, 0.15) is 5.60 Å². The first kappa shape index (κ1) is 27.8. The SMILES string of the molecule is CC(C)(C)OC(=O)NCC1CCC(Nc2nc(NCc3ccc(-c4ccccn4)cc3)n3ncc(Br)c3n2)CC1. The lowest BCUT2D eigenvalue weighted by atomic mass is 9.86. The Bertz CT molecular complexity index is 1430. The van der Waals surface area contributed by atoms with Gasteiger partial charge in [-0.1, -0.05) is 30.3 Å². The minimum absolute atomic E-state index is 0.258. The largest absolute Gasteiger partial charge is 0.444 e. The van der Waals surface area contributed by atoms with Crippen molar-refractivity contribution in [2.45, 2.75) is 64.6 Å². The van der Waals surface area contributed by atoms with E-state index in [0.29, 0.717) is 36.6 Å². The van der Waals surface area contributed by atoms with Gasteiger partial charge in [0.25, 0.3) is 0 Å². The van der Waals surface area contributed by atoms with E-state index in [2.05, 4.69) is 66.2 Å². The number of rotatable bonds is 8. The number of alkyl carbamates (subject to hydrolysis) is 1. The van der Waals surface area contributed by atoms with Gasteiger partial charge in [-0.25, -0.2) is 4.79 Å². The normalized spacial score (nSPS) is 17.4. The van der Waals surface area contributed by atoms with Crippen LogP contribution in [-0.2, 0) is 11.3 Å². The van der Waals surface area contributed by atoms with Gasteiger partial charge in [0.05, 0.1) is 16.4 Å². The molecule has 1 saturated carbocycles. The summed E-state index contributed by atoms with van der Waals surface area (Å²) in [4.78, 5) is 25.9. The molecule has 1 aromatic carbocycles.